The van der Waals surface area contributed by atoms with Gasteiger partial charge in [-0.1, -0.05) is 0 Å². The number of carbonyl (C=O) groups is 1. The number of aromatic nitrogens is 1. The maximum Gasteiger partial charge on any atom is 0.267 e. The van der Waals surface area contributed by atoms with Crippen molar-refractivity contribution < 1.29 is 13.2 Å². The molecule has 0 aromatic carbocycles. The highest BCUT2D eigenvalue weighted by Crippen LogP contribution is 2.07. The lowest BCUT2D eigenvalue weighted by Crippen LogP contribution is -2.18. The molecule has 72 valence electrons. The Kier molecular flexibility index (Phi) is 2.39. The van der Waals surface area contributed by atoms with E-state index < -0.39 is 15.9 Å². The molecule has 0 atom stereocenters. The zero-order valence-electron chi connectivity index (χ0n) is 6.87. The van der Waals surface area contributed by atoms with Crippen LogP contribution in [0.3, 0.4) is 0 Å². The van der Waals surface area contributed by atoms with Crippen molar-refractivity contribution in [1.29, 1.82) is 0 Å². The molecule has 4 N–H and O–H groups in total. The average molecular weight is 203 g/mol. The average Bonchev–Trinajstić information content (AvgIpc) is 2.50. The summed E-state index contributed by atoms with van der Waals surface area (Å²) in [5.74, 6) is -0.394. The van der Waals surface area contributed by atoms with Crippen molar-refractivity contribution in [3.8, 4) is 0 Å². The van der Waals surface area contributed by atoms with Crippen LogP contribution in [0.5, 0.6) is 0 Å². The van der Waals surface area contributed by atoms with Crippen LogP contribution in [0.2, 0.25) is 0 Å². The molecule has 1 heterocycles. The predicted molar refractivity (Wildman–Crippen MR) is 45.6 cm³/mol. The molecule has 13 heavy (non-hydrogen) atoms. The molecule has 1 rings (SSSR count). The molecule has 1 amide bonds. The fourth-order valence-electron chi connectivity index (χ4n) is 0.805. The largest absolute Gasteiger partial charge is 0.356 e. The molecule has 0 aliphatic rings. The number of hydrogen-bond donors (Lipinski definition) is 3. The summed E-state index contributed by atoms with van der Waals surface area (Å²) in [6.45, 7) is 0. The number of hydrogen-bond acceptors (Lipinski definition) is 3. The van der Waals surface area contributed by atoms with Crippen molar-refractivity contribution in [2.45, 2.75) is 4.90 Å². The Morgan fingerprint density at radius 2 is 2.23 bits per heavy atom. The second-order valence-electron chi connectivity index (χ2n) is 2.37. The first-order valence-corrected chi connectivity index (χ1v) is 4.93. The molecule has 6 nitrogen and oxygen atoms in total. The Labute approximate surface area is 75.2 Å². The van der Waals surface area contributed by atoms with Gasteiger partial charge in [-0.25, -0.2) is 13.6 Å². The molecule has 0 bridgehead atoms. The lowest BCUT2D eigenvalue weighted by Gasteiger charge is -1.92. The van der Waals surface area contributed by atoms with Gasteiger partial charge in [-0.15, -0.1) is 0 Å². The molecular formula is C6H9N3O3S. The van der Waals surface area contributed by atoms with Gasteiger partial charge in [0.25, 0.3) is 5.91 Å². The first kappa shape index (κ1) is 9.75. The summed E-state index contributed by atoms with van der Waals surface area (Å²) >= 11 is 0. The highest BCUT2D eigenvalue weighted by Gasteiger charge is 2.13. The van der Waals surface area contributed by atoms with Crippen molar-refractivity contribution in [3.05, 3.63) is 18.0 Å². The van der Waals surface area contributed by atoms with Gasteiger partial charge in [-0.05, 0) is 6.07 Å². The van der Waals surface area contributed by atoms with Gasteiger partial charge in [0.2, 0.25) is 10.0 Å². The lowest BCUT2D eigenvalue weighted by atomic mass is 10.4. The van der Waals surface area contributed by atoms with Crippen LogP contribution in [0.4, 0.5) is 0 Å². The summed E-state index contributed by atoms with van der Waals surface area (Å²) in [4.78, 5) is 13.4. The Hall–Kier alpha value is -1.34. The van der Waals surface area contributed by atoms with E-state index in [1.165, 1.54) is 19.3 Å². The van der Waals surface area contributed by atoms with Crippen LogP contribution < -0.4 is 10.5 Å². The van der Waals surface area contributed by atoms with E-state index in [1.807, 2.05) is 0 Å². The van der Waals surface area contributed by atoms with E-state index in [9.17, 15) is 13.2 Å². The predicted octanol–water partition coefficient (Wildman–Crippen LogP) is -0.978. The van der Waals surface area contributed by atoms with Crippen molar-refractivity contribution in [3.63, 3.8) is 0 Å². The molecular weight excluding hydrogens is 194 g/mol. The summed E-state index contributed by atoms with van der Waals surface area (Å²) in [6.07, 6.45) is 1.17. The van der Waals surface area contributed by atoms with E-state index in [-0.39, 0.29) is 10.6 Å². The Morgan fingerprint density at radius 1 is 1.62 bits per heavy atom. The highest BCUT2D eigenvalue weighted by atomic mass is 32.2. The van der Waals surface area contributed by atoms with Crippen LogP contribution in [0.25, 0.3) is 0 Å². The standard InChI is InChI=1S/C6H9N3O3S/c1-8-6(10)5-2-4(3-9-5)13(7,11)12/h2-3,9H,1H3,(H,8,10)(H2,7,11,12). The second kappa shape index (κ2) is 3.19. The Bertz CT molecular complexity index is 420. The number of carbonyl (C=O) groups excluding carboxylic acids is 1. The minimum Gasteiger partial charge on any atom is -0.356 e. The van der Waals surface area contributed by atoms with Crippen LogP contribution in [0.1, 0.15) is 10.5 Å². The van der Waals surface area contributed by atoms with E-state index in [0.29, 0.717) is 0 Å². The first-order chi connectivity index (χ1) is 5.95. The smallest absolute Gasteiger partial charge is 0.267 e. The monoisotopic (exact) mass is 203 g/mol. The van der Waals surface area contributed by atoms with E-state index in [2.05, 4.69) is 10.3 Å². The SMILES string of the molecule is CNC(=O)c1cc(S(N)(=O)=O)c[nH]1. The lowest BCUT2D eigenvalue weighted by molar-refractivity contribution is 0.0958. The third-order valence-corrected chi connectivity index (χ3v) is 2.35. The van der Waals surface area contributed by atoms with Crippen molar-refractivity contribution in [2.24, 2.45) is 5.14 Å². The molecule has 0 saturated carbocycles. The van der Waals surface area contributed by atoms with Crippen LogP contribution >= 0.6 is 0 Å². The van der Waals surface area contributed by atoms with E-state index in [0.717, 1.165) is 0 Å². The van der Waals surface area contributed by atoms with Crippen LogP contribution in [0.15, 0.2) is 17.2 Å². The molecule has 0 unspecified atom stereocenters. The normalized spacial score (nSPS) is 11.2. The maximum atomic E-state index is 11.0. The molecule has 0 spiro atoms. The minimum absolute atomic E-state index is 0.105. The van der Waals surface area contributed by atoms with Crippen LogP contribution in [0, 0.1) is 0 Å². The van der Waals surface area contributed by atoms with Gasteiger partial charge in [-0.3, -0.25) is 4.79 Å². The third kappa shape index (κ3) is 2.07. The zero-order valence-corrected chi connectivity index (χ0v) is 7.68. The second-order valence-corrected chi connectivity index (χ2v) is 3.93. The molecule has 0 saturated heterocycles. The fourth-order valence-corrected chi connectivity index (χ4v) is 1.31. The molecule has 0 fully saturated rings. The number of amides is 1. The first-order valence-electron chi connectivity index (χ1n) is 3.38. The fraction of sp³-hybridized carbons (Fsp3) is 0.167. The van der Waals surface area contributed by atoms with Crippen molar-refractivity contribution in [1.82, 2.24) is 10.3 Å². The molecule has 0 aliphatic carbocycles. The summed E-state index contributed by atoms with van der Waals surface area (Å²) in [7, 11) is -2.29. The number of nitrogens with two attached hydrogens (primary N) is 1. The Morgan fingerprint density at radius 3 is 2.62 bits per heavy atom. The quantitative estimate of drug-likeness (QED) is 0.575. The van der Waals surface area contributed by atoms with E-state index in [1.54, 1.807) is 0 Å². The van der Waals surface area contributed by atoms with Gasteiger partial charge in [0.05, 0.1) is 4.90 Å². The maximum absolute atomic E-state index is 11.0. The van der Waals surface area contributed by atoms with Gasteiger partial charge in [0.1, 0.15) is 5.69 Å². The van der Waals surface area contributed by atoms with Crippen molar-refractivity contribution >= 4 is 15.9 Å². The topological polar surface area (TPSA) is 105 Å². The van der Waals surface area contributed by atoms with Gasteiger partial charge >= 0.3 is 0 Å². The van der Waals surface area contributed by atoms with Crippen LogP contribution in [-0.2, 0) is 10.0 Å². The number of sulfonamides is 1. The molecule has 1 aromatic heterocycles. The minimum atomic E-state index is -3.73. The summed E-state index contributed by atoms with van der Waals surface area (Å²) in [5.41, 5.74) is 0.159. The van der Waals surface area contributed by atoms with E-state index >= 15 is 0 Å². The number of rotatable bonds is 2. The van der Waals surface area contributed by atoms with Crippen LogP contribution in [-0.4, -0.2) is 26.4 Å². The molecule has 7 heteroatoms. The van der Waals surface area contributed by atoms with Gasteiger partial charge < -0.3 is 10.3 Å². The molecule has 1 aromatic rings. The van der Waals surface area contributed by atoms with Gasteiger partial charge in [-0.2, -0.15) is 0 Å². The summed E-state index contributed by atoms with van der Waals surface area (Å²) in [6, 6.07) is 1.17. The molecule has 0 radical (unpaired) electrons. The van der Waals surface area contributed by atoms with Crippen molar-refractivity contribution in [2.75, 3.05) is 7.05 Å². The highest BCUT2D eigenvalue weighted by molar-refractivity contribution is 7.89. The number of primary sulfonamides is 1. The van der Waals surface area contributed by atoms with E-state index in [4.69, 9.17) is 5.14 Å². The zero-order chi connectivity index (χ0) is 10.1. The Balaban J connectivity index is 3.07. The van der Waals surface area contributed by atoms with Gasteiger partial charge in [0.15, 0.2) is 0 Å². The number of H-pyrrole nitrogens is 1. The summed E-state index contributed by atoms with van der Waals surface area (Å²) in [5, 5.41) is 7.17. The summed E-state index contributed by atoms with van der Waals surface area (Å²) < 4.78 is 21.6. The number of aromatic amines is 1. The number of nitrogens with one attached hydrogen (secondary N) is 2. The van der Waals surface area contributed by atoms with Gasteiger partial charge in [0, 0.05) is 13.2 Å². The third-order valence-electron chi connectivity index (χ3n) is 1.46. The molecule has 0 aliphatic heterocycles.